The maximum Gasteiger partial charge on any atom is 0.412 e. The van der Waals surface area contributed by atoms with Gasteiger partial charge in [-0.15, -0.1) is 0 Å². The van der Waals surface area contributed by atoms with E-state index in [9.17, 15) is 43.5 Å². The van der Waals surface area contributed by atoms with E-state index in [-0.39, 0.29) is 85.5 Å². The van der Waals surface area contributed by atoms with Crippen LogP contribution >= 0.6 is 39.1 Å². The number of carbonyl (C=O) groups is 8. The van der Waals surface area contributed by atoms with Gasteiger partial charge in [-0.3, -0.25) is 34.1 Å². The summed E-state index contributed by atoms with van der Waals surface area (Å²) in [5.74, 6) is -3.49. The summed E-state index contributed by atoms with van der Waals surface area (Å²) < 4.78 is 24.0. The van der Waals surface area contributed by atoms with Crippen LogP contribution in [-0.4, -0.2) is 120 Å². The Morgan fingerprint density at radius 3 is 2.38 bits per heavy atom. The summed E-state index contributed by atoms with van der Waals surface area (Å²) in [6.07, 6.45) is 4.30. The molecule has 0 aromatic heterocycles. The second-order valence-corrected chi connectivity index (χ2v) is 23.7. The average molecular weight is 1230 g/mol. The zero-order chi connectivity index (χ0) is 59.9. The number of nitrogens with zero attached hydrogens (tertiary/aromatic N) is 1. The molecular weight excluding hydrogens is 1150 g/mol. The normalized spacial score (nSPS) is 24.8. The van der Waals surface area contributed by atoms with Crippen molar-refractivity contribution in [1.29, 1.82) is 0 Å². The van der Waals surface area contributed by atoms with E-state index < -0.39 is 83.4 Å². The van der Waals surface area contributed by atoms with E-state index in [2.05, 4.69) is 38.5 Å². The number of alkyl halides is 1. The number of carbonyl (C=O) groups excluding carboxylic acids is 8. The third-order valence-corrected chi connectivity index (χ3v) is 17.0. The number of hydrogen-bond acceptors (Lipinski definition) is 13. The highest BCUT2D eigenvalue weighted by atomic mass is 79.9. The van der Waals surface area contributed by atoms with Crippen molar-refractivity contribution in [2.24, 2.45) is 23.5 Å². The molecule has 2 fully saturated rings. The molecule has 5 amide bonds. The summed E-state index contributed by atoms with van der Waals surface area (Å²) in [4.78, 5) is 108. The lowest BCUT2D eigenvalue weighted by Crippen LogP contribution is -2.53. The van der Waals surface area contributed by atoms with Crippen molar-refractivity contribution in [3.8, 4) is 0 Å². The molecule has 5 rings (SSSR count). The number of nitrogens with one attached hydrogen (secondary N) is 3. The van der Waals surface area contributed by atoms with Crippen LogP contribution < -0.4 is 26.6 Å². The van der Waals surface area contributed by atoms with Gasteiger partial charge in [0.05, 0.1) is 46.4 Å². The number of benzene rings is 2. The van der Waals surface area contributed by atoms with Crippen LogP contribution in [0.15, 0.2) is 66.3 Å². The van der Waals surface area contributed by atoms with Gasteiger partial charge in [0.15, 0.2) is 11.6 Å². The number of halogens is 3. The average Bonchev–Trinajstić information content (AvgIpc) is 4.12. The first-order valence-electron chi connectivity index (χ1n) is 27.6. The van der Waals surface area contributed by atoms with Crippen molar-refractivity contribution in [2.75, 3.05) is 36.2 Å². The van der Waals surface area contributed by atoms with Crippen LogP contribution in [0, 0.1) is 24.7 Å². The van der Waals surface area contributed by atoms with Crippen LogP contribution in [-0.2, 0) is 60.6 Å². The lowest BCUT2D eigenvalue weighted by molar-refractivity contribution is -0.187. The number of Topliss-reactive ketones (excluding diaryl/α,β-unsaturated/α-hetero) is 3. The fourth-order valence-corrected chi connectivity index (χ4v) is 11.4. The molecule has 0 radical (unpaired) electrons. The molecule has 6 N–H and O–H groups in total. The molecule has 21 heteroatoms. The Morgan fingerprint density at radius 2 is 1.73 bits per heavy atom. The van der Waals surface area contributed by atoms with Crippen molar-refractivity contribution in [3.63, 3.8) is 0 Å². The van der Waals surface area contributed by atoms with Crippen LogP contribution in [0.1, 0.15) is 128 Å². The Hall–Kier alpha value is -5.44. The molecule has 18 nitrogen and oxygen atoms in total. The van der Waals surface area contributed by atoms with Gasteiger partial charge in [0.25, 0.3) is 0 Å². The summed E-state index contributed by atoms with van der Waals surface area (Å²) >= 11 is 16.9. The van der Waals surface area contributed by atoms with E-state index in [1.165, 1.54) is 24.1 Å². The minimum atomic E-state index is -1.63. The Bertz CT molecular complexity index is 2740. The summed E-state index contributed by atoms with van der Waals surface area (Å²) in [7, 11) is 3.04. The molecule has 0 aliphatic carbocycles. The second kappa shape index (κ2) is 30.2. The first kappa shape index (κ1) is 66.4. The molecular formula is C60H80BrCl2N5O13. The lowest BCUT2D eigenvalue weighted by atomic mass is 9.78. The predicted octanol–water partition coefficient (Wildman–Crippen LogP) is 9.71. The zero-order valence-electron chi connectivity index (χ0n) is 47.8. The number of ketones is 3. The van der Waals surface area contributed by atoms with Crippen LogP contribution in [0.25, 0.3) is 0 Å². The predicted molar refractivity (Wildman–Crippen MR) is 315 cm³/mol. The molecule has 3 aliphatic rings. The van der Waals surface area contributed by atoms with Crippen LogP contribution in [0.3, 0.4) is 0 Å². The summed E-state index contributed by atoms with van der Waals surface area (Å²) in [5, 5.41) is 20.9. The van der Waals surface area contributed by atoms with Crippen molar-refractivity contribution in [2.45, 2.75) is 173 Å². The van der Waals surface area contributed by atoms with E-state index >= 15 is 0 Å². The fourth-order valence-electron chi connectivity index (χ4n) is 10.6. The third kappa shape index (κ3) is 18.8. The van der Waals surface area contributed by atoms with Gasteiger partial charge in [0.1, 0.15) is 35.3 Å². The molecule has 3 heterocycles. The van der Waals surface area contributed by atoms with E-state index in [0.29, 0.717) is 59.3 Å². The number of methoxy groups -OCH3 is 1. The molecule has 2 aromatic rings. The second-order valence-electron chi connectivity index (χ2n) is 22.4. The van der Waals surface area contributed by atoms with Gasteiger partial charge in [-0.05, 0) is 99.3 Å². The number of epoxide rings is 1. The number of nitrogens with two attached hydrogens (primary N) is 1. The lowest BCUT2D eigenvalue weighted by Gasteiger charge is -2.41. The number of unbranched alkanes of at least 4 members (excludes halogenated alkanes) is 3. The van der Waals surface area contributed by atoms with E-state index in [1.54, 1.807) is 39.1 Å². The third-order valence-electron chi connectivity index (χ3n) is 15.5. The van der Waals surface area contributed by atoms with Gasteiger partial charge in [0.2, 0.25) is 11.8 Å². The quantitative estimate of drug-likeness (QED) is 0.0216. The highest BCUT2D eigenvalue weighted by Crippen LogP contribution is 2.50. The van der Waals surface area contributed by atoms with E-state index in [4.69, 9.17) is 47.9 Å². The molecule has 81 heavy (non-hydrogen) atoms. The van der Waals surface area contributed by atoms with Gasteiger partial charge in [-0.1, -0.05) is 115 Å². The molecule has 9 atom stereocenters. The number of rotatable bonds is 24. The molecule has 0 unspecified atom stereocenters. The highest BCUT2D eigenvalue weighted by molar-refractivity contribution is 9.09. The summed E-state index contributed by atoms with van der Waals surface area (Å²) in [6.45, 7) is 14.8. The highest BCUT2D eigenvalue weighted by Gasteiger charge is 2.64. The Balaban J connectivity index is 1.31. The van der Waals surface area contributed by atoms with Crippen molar-refractivity contribution in [3.05, 3.63) is 93.0 Å². The number of allylic oxidation sites excluding steroid dienone is 4. The number of ether oxygens (including phenoxy) is 4. The van der Waals surface area contributed by atoms with Gasteiger partial charge in [-0.2, -0.15) is 0 Å². The fraction of sp³-hybridized carbons (Fsp3) is 0.567. The standard InChI is InChI=1S/C60H80BrCl2N5O13/c1-34(2)42(29-41(69)17-12-10-11-13-19-47(70)37(5)33-61)56(74)66-45(18-15-23-65-57(64)75)48(71)28-39-21-22-44(43(62)26-39)67-58(76)80-51-30-52(72)68(8)46-27-40(25-36(4)54(46)63)24-35(3)16-14-20-50(78-9)60(77)31-49(79-53(73)32-60)38(6)55-59(51,7)81-55/h14,16,20-22,25-27,34,38,42,45,49-51,55,77H,5,10-13,15,17-19,23-24,28-33H2,1-4,6-9H3,(H,66,74)(H,67,76)(H3,64,65,75)/b20-14+,35-16+/t38-,42+,45+,49+,50-,51+,55+,59+,60-/m1/s1. The molecule has 0 spiro atoms. The molecule has 4 bridgehead atoms. The van der Waals surface area contributed by atoms with Crippen LogP contribution in [0.2, 0.25) is 10.0 Å². The molecule has 3 aliphatic heterocycles. The van der Waals surface area contributed by atoms with Gasteiger partial charge in [-0.25, -0.2) is 9.59 Å². The smallest absolute Gasteiger partial charge is 0.412 e. The number of anilines is 2. The molecule has 444 valence electrons. The topological polar surface area (TPSA) is 262 Å². The first-order valence-corrected chi connectivity index (χ1v) is 29.5. The number of esters is 1. The minimum Gasteiger partial charge on any atom is -0.462 e. The Labute approximate surface area is 494 Å². The first-order chi connectivity index (χ1) is 38.2. The van der Waals surface area contributed by atoms with Crippen LogP contribution in [0.5, 0.6) is 0 Å². The van der Waals surface area contributed by atoms with Crippen molar-refractivity contribution in [1.82, 2.24) is 10.6 Å². The van der Waals surface area contributed by atoms with Gasteiger partial charge >= 0.3 is 18.1 Å². The Morgan fingerprint density at radius 1 is 1.02 bits per heavy atom. The van der Waals surface area contributed by atoms with E-state index in [1.807, 2.05) is 45.9 Å². The van der Waals surface area contributed by atoms with Crippen molar-refractivity contribution < 1.29 is 62.4 Å². The number of aryl methyl sites for hydroxylation is 1. The Kier molecular flexibility index (Phi) is 24.8. The SMILES string of the molecule is C=C(CBr)C(=O)CCCCCCC(=O)C[C@H](C(=O)N[C@@H](CCCNC(N)=O)C(=O)Cc1ccc(NC(=O)O[C@H]2CC(=O)N(C)c3cc(cc(C)c3Cl)C/C(C)=C/C=C/[C@@H](OC)[C@]3(O)CC(=O)O[C@@H](C3)[C@@H](C)[C@@H]3O[C@@]23C)c(Cl)c1)C(C)C. The monoisotopic (exact) mass is 1230 g/mol. The summed E-state index contributed by atoms with van der Waals surface area (Å²) in [6, 6.07) is 6.57. The van der Waals surface area contributed by atoms with E-state index in [0.717, 1.165) is 29.5 Å². The number of hydrogen-bond donors (Lipinski definition) is 5. The number of amides is 5. The number of primary amides is 1. The van der Waals surface area contributed by atoms with Gasteiger partial charge in [0, 0.05) is 70.0 Å². The summed E-state index contributed by atoms with van der Waals surface area (Å²) in [5.41, 5.74) is 6.44. The van der Waals surface area contributed by atoms with Crippen molar-refractivity contribution >= 4 is 97.8 Å². The number of urea groups is 1. The molecule has 2 saturated heterocycles. The number of aliphatic hydroxyl groups is 1. The largest absolute Gasteiger partial charge is 0.462 e. The van der Waals surface area contributed by atoms with Gasteiger partial charge < -0.3 is 45.3 Å². The maximum absolute atomic E-state index is 14.4. The minimum absolute atomic E-state index is 0.00721. The molecule has 0 saturated carbocycles. The van der Waals surface area contributed by atoms with Crippen LogP contribution in [0.4, 0.5) is 21.0 Å². The maximum atomic E-state index is 14.4. The zero-order valence-corrected chi connectivity index (χ0v) is 50.9. The molecule has 2 aromatic carbocycles. The number of fused-ring (bicyclic) bond motifs is 5.